The van der Waals surface area contributed by atoms with Crippen LogP contribution in [0, 0.1) is 0 Å². The van der Waals surface area contributed by atoms with Crippen molar-refractivity contribution in [2.45, 2.75) is 13.0 Å². The molecule has 7 nitrogen and oxygen atoms in total. The van der Waals surface area contributed by atoms with Gasteiger partial charge in [-0.15, -0.1) is 0 Å². The lowest BCUT2D eigenvalue weighted by atomic mass is 10.3. The fourth-order valence-corrected chi connectivity index (χ4v) is 0.445. The number of rotatable bonds is 4. The van der Waals surface area contributed by atoms with Gasteiger partial charge in [0.05, 0.1) is 0 Å². The number of aliphatic carboxylic acids is 1. The van der Waals surface area contributed by atoms with Crippen molar-refractivity contribution in [3.63, 3.8) is 0 Å². The monoisotopic (exact) mass is 172 g/mol. The average molecular weight is 172 g/mol. The molecule has 2 N–H and O–H groups in total. The van der Waals surface area contributed by atoms with E-state index in [1.54, 1.807) is 0 Å². The molecule has 0 aromatic heterocycles. The van der Waals surface area contributed by atoms with E-state index in [0.29, 0.717) is 0 Å². The number of nitrogens with zero attached hydrogens (tertiary/aromatic N) is 3. The Bertz CT molecular complexity index is 233. The number of hydrogen-bond acceptors (Lipinski definition) is 3. The summed E-state index contributed by atoms with van der Waals surface area (Å²) in [6.07, 6.45) is 0. The Labute approximate surface area is 68.0 Å². The predicted molar refractivity (Wildman–Crippen MR) is 39.3 cm³/mol. The Kier molecular flexibility index (Phi) is 4.25. The molecule has 0 aromatic rings. The Balaban J connectivity index is 3.84. The Morgan fingerprint density at radius 2 is 2.33 bits per heavy atom. The van der Waals surface area contributed by atoms with Crippen LogP contribution in [-0.2, 0) is 9.59 Å². The van der Waals surface area contributed by atoms with Gasteiger partial charge in [0.15, 0.2) is 0 Å². The molecule has 0 aromatic carbocycles. The van der Waals surface area contributed by atoms with E-state index < -0.39 is 17.9 Å². The molecular weight excluding hydrogens is 164 g/mol. The summed E-state index contributed by atoms with van der Waals surface area (Å²) in [5.74, 6) is -1.74. The lowest BCUT2D eigenvalue weighted by molar-refractivity contribution is -0.141. The van der Waals surface area contributed by atoms with Gasteiger partial charge in [-0.1, -0.05) is 5.11 Å². The molecule has 66 valence electrons. The lowest BCUT2D eigenvalue weighted by Gasteiger charge is -2.06. The van der Waals surface area contributed by atoms with Crippen LogP contribution < -0.4 is 5.32 Å². The molecule has 0 saturated heterocycles. The van der Waals surface area contributed by atoms with Gasteiger partial charge in [-0.05, 0) is 12.5 Å². The Morgan fingerprint density at radius 1 is 1.75 bits per heavy atom. The number of carbonyl (C=O) groups excluding carboxylic acids is 1. The van der Waals surface area contributed by atoms with Crippen LogP contribution in [0.4, 0.5) is 0 Å². The lowest BCUT2D eigenvalue weighted by Crippen LogP contribution is -2.39. The third-order valence-electron chi connectivity index (χ3n) is 1.03. The molecule has 0 aliphatic rings. The maximum absolute atomic E-state index is 10.7. The third kappa shape index (κ3) is 4.13. The molecule has 7 heteroatoms. The molecule has 0 spiro atoms. The molecule has 0 heterocycles. The van der Waals surface area contributed by atoms with Gasteiger partial charge in [-0.3, -0.25) is 9.59 Å². The Morgan fingerprint density at radius 3 is 2.75 bits per heavy atom. The van der Waals surface area contributed by atoms with Gasteiger partial charge < -0.3 is 10.4 Å². The van der Waals surface area contributed by atoms with Gasteiger partial charge in [-0.25, -0.2) is 0 Å². The second-order valence-electron chi connectivity index (χ2n) is 2.02. The highest BCUT2D eigenvalue weighted by atomic mass is 16.4. The van der Waals surface area contributed by atoms with Crippen LogP contribution in [0.3, 0.4) is 0 Å². The van der Waals surface area contributed by atoms with E-state index >= 15 is 0 Å². The van der Waals surface area contributed by atoms with Crippen molar-refractivity contribution in [1.29, 1.82) is 0 Å². The molecular formula is C5H8N4O3. The van der Waals surface area contributed by atoms with Crippen LogP contribution in [0.1, 0.15) is 6.92 Å². The number of carbonyl (C=O) groups is 2. The maximum atomic E-state index is 10.7. The molecule has 0 aliphatic carbocycles. The van der Waals surface area contributed by atoms with Gasteiger partial charge in [0.25, 0.3) is 0 Å². The average Bonchev–Trinajstić information content (AvgIpc) is 2.00. The summed E-state index contributed by atoms with van der Waals surface area (Å²) in [6.45, 7) is 0.935. The molecule has 0 saturated carbocycles. The van der Waals surface area contributed by atoms with Gasteiger partial charge in [0, 0.05) is 4.91 Å². The highest BCUT2D eigenvalue weighted by Gasteiger charge is 2.12. The normalized spacial score (nSPS) is 11.1. The van der Waals surface area contributed by atoms with Crippen LogP contribution in [0.2, 0.25) is 0 Å². The first-order valence-electron chi connectivity index (χ1n) is 3.11. The first-order chi connectivity index (χ1) is 5.57. The summed E-state index contributed by atoms with van der Waals surface area (Å²) in [5.41, 5.74) is 7.82. The van der Waals surface area contributed by atoms with Crippen LogP contribution in [-0.4, -0.2) is 29.6 Å². The molecule has 1 amide bonds. The SMILES string of the molecule is CC(NC(=O)CN=[N+]=[N-])C(=O)O. The molecule has 0 radical (unpaired) electrons. The van der Waals surface area contributed by atoms with Crippen molar-refractivity contribution < 1.29 is 14.7 Å². The maximum Gasteiger partial charge on any atom is 0.325 e. The van der Waals surface area contributed by atoms with E-state index in [9.17, 15) is 9.59 Å². The van der Waals surface area contributed by atoms with Crippen molar-refractivity contribution in [1.82, 2.24) is 5.32 Å². The number of nitrogens with one attached hydrogen (secondary N) is 1. The first-order valence-corrected chi connectivity index (χ1v) is 3.11. The number of amides is 1. The minimum atomic E-state index is -1.13. The quantitative estimate of drug-likeness (QED) is 0.350. The summed E-state index contributed by atoms with van der Waals surface area (Å²) in [5, 5.41) is 13.4. The molecule has 1 atom stereocenters. The largest absolute Gasteiger partial charge is 0.480 e. The van der Waals surface area contributed by atoms with Crippen LogP contribution in [0.15, 0.2) is 5.11 Å². The summed E-state index contributed by atoms with van der Waals surface area (Å²) in [4.78, 5) is 23.2. The summed E-state index contributed by atoms with van der Waals surface area (Å²) < 4.78 is 0. The van der Waals surface area contributed by atoms with Gasteiger partial charge in [0.2, 0.25) is 5.91 Å². The standard InChI is InChI=1S/C5H8N4O3/c1-3(5(11)12)8-4(10)2-7-9-6/h3H,2H2,1H3,(H,8,10)(H,11,12). The van der Waals surface area contributed by atoms with Gasteiger partial charge in [-0.2, -0.15) is 0 Å². The van der Waals surface area contributed by atoms with Crippen LogP contribution in [0.5, 0.6) is 0 Å². The second kappa shape index (κ2) is 4.97. The smallest absolute Gasteiger partial charge is 0.325 e. The highest BCUT2D eigenvalue weighted by molar-refractivity contribution is 5.84. The number of carboxylic acid groups (broad SMARTS) is 1. The van der Waals surface area contributed by atoms with E-state index in [0.717, 1.165) is 0 Å². The van der Waals surface area contributed by atoms with Gasteiger partial charge in [0.1, 0.15) is 12.6 Å². The molecule has 1 unspecified atom stereocenters. The minimum absolute atomic E-state index is 0.381. The fraction of sp³-hybridized carbons (Fsp3) is 0.600. The molecule has 0 rings (SSSR count). The van der Waals surface area contributed by atoms with E-state index in [1.165, 1.54) is 6.92 Å². The second-order valence-corrected chi connectivity index (χ2v) is 2.02. The summed E-state index contributed by atoms with van der Waals surface area (Å²) >= 11 is 0. The van der Waals surface area contributed by atoms with Crippen molar-refractivity contribution in [2.24, 2.45) is 5.11 Å². The van der Waals surface area contributed by atoms with Gasteiger partial charge >= 0.3 is 5.97 Å². The summed E-state index contributed by atoms with van der Waals surface area (Å²) in [7, 11) is 0. The van der Waals surface area contributed by atoms with E-state index in [2.05, 4.69) is 15.3 Å². The first kappa shape index (κ1) is 10.2. The van der Waals surface area contributed by atoms with E-state index in [1.807, 2.05) is 0 Å². The number of hydrogen-bond donors (Lipinski definition) is 2. The zero-order chi connectivity index (χ0) is 9.56. The zero-order valence-electron chi connectivity index (χ0n) is 6.39. The van der Waals surface area contributed by atoms with E-state index in [-0.39, 0.29) is 6.54 Å². The molecule has 0 fully saturated rings. The van der Waals surface area contributed by atoms with Crippen molar-refractivity contribution in [3.8, 4) is 0 Å². The fourth-order valence-electron chi connectivity index (χ4n) is 0.445. The third-order valence-corrected chi connectivity index (χ3v) is 1.03. The highest BCUT2D eigenvalue weighted by Crippen LogP contribution is 1.81. The van der Waals surface area contributed by atoms with Crippen LogP contribution >= 0.6 is 0 Å². The number of azide groups is 1. The topological polar surface area (TPSA) is 115 Å². The predicted octanol–water partition coefficient (Wildman–Crippen LogP) is -0.114. The number of carboxylic acids is 1. The van der Waals surface area contributed by atoms with Crippen molar-refractivity contribution >= 4 is 11.9 Å². The molecule has 0 bridgehead atoms. The minimum Gasteiger partial charge on any atom is -0.480 e. The Hall–Kier alpha value is -1.75. The zero-order valence-corrected chi connectivity index (χ0v) is 6.39. The van der Waals surface area contributed by atoms with Crippen molar-refractivity contribution in [3.05, 3.63) is 10.4 Å². The summed E-state index contributed by atoms with van der Waals surface area (Å²) in [6, 6.07) is -0.966. The van der Waals surface area contributed by atoms with Crippen molar-refractivity contribution in [2.75, 3.05) is 6.54 Å². The van der Waals surface area contributed by atoms with E-state index in [4.69, 9.17) is 10.6 Å². The van der Waals surface area contributed by atoms with Crippen LogP contribution in [0.25, 0.3) is 10.4 Å². The molecule has 0 aliphatic heterocycles. The molecule has 12 heavy (non-hydrogen) atoms.